The van der Waals surface area contributed by atoms with Gasteiger partial charge in [-0.25, -0.2) is 9.07 Å². The summed E-state index contributed by atoms with van der Waals surface area (Å²) in [6.45, 7) is 5.54. The first kappa shape index (κ1) is 17.9. The molecule has 1 atom stereocenters. The van der Waals surface area contributed by atoms with E-state index in [1.54, 1.807) is 24.0 Å². The predicted octanol–water partition coefficient (Wildman–Crippen LogP) is 3.61. The lowest BCUT2D eigenvalue weighted by Gasteiger charge is -2.24. The first-order chi connectivity index (χ1) is 12.0. The van der Waals surface area contributed by atoms with E-state index in [2.05, 4.69) is 5.10 Å². The molecular formula is C18H21ClFN3O2. The van der Waals surface area contributed by atoms with Gasteiger partial charge in [0.15, 0.2) is 0 Å². The number of rotatable bonds is 5. The number of amides is 1. The number of benzene rings is 1. The molecule has 0 aliphatic carbocycles. The van der Waals surface area contributed by atoms with E-state index in [1.165, 1.54) is 16.8 Å². The largest absolute Gasteiger partial charge is 0.376 e. The summed E-state index contributed by atoms with van der Waals surface area (Å²) < 4.78 is 20.2. The maximum absolute atomic E-state index is 13.1. The zero-order valence-electron chi connectivity index (χ0n) is 14.3. The van der Waals surface area contributed by atoms with Gasteiger partial charge in [0.1, 0.15) is 11.0 Å². The second kappa shape index (κ2) is 7.54. The minimum Gasteiger partial charge on any atom is -0.376 e. The number of halogens is 2. The Morgan fingerprint density at radius 3 is 2.76 bits per heavy atom. The Kier molecular flexibility index (Phi) is 5.39. The lowest BCUT2D eigenvalue weighted by atomic mass is 10.2. The van der Waals surface area contributed by atoms with Crippen LogP contribution < -0.4 is 0 Å². The highest BCUT2D eigenvalue weighted by molar-refractivity contribution is 6.33. The highest BCUT2D eigenvalue weighted by Crippen LogP contribution is 2.26. The zero-order valence-corrected chi connectivity index (χ0v) is 15.1. The van der Waals surface area contributed by atoms with Crippen molar-refractivity contribution >= 4 is 17.5 Å². The fourth-order valence-electron chi connectivity index (χ4n) is 3.04. The maximum atomic E-state index is 13.1. The molecule has 7 heteroatoms. The van der Waals surface area contributed by atoms with Gasteiger partial charge in [0.2, 0.25) is 0 Å². The van der Waals surface area contributed by atoms with E-state index in [1.807, 2.05) is 6.92 Å². The Morgan fingerprint density at radius 2 is 2.16 bits per heavy atom. The van der Waals surface area contributed by atoms with Gasteiger partial charge in [-0.3, -0.25) is 4.79 Å². The topological polar surface area (TPSA) is 47.4 Å². The van der Waals surface area contributed by atoms with Gasteiger partial charge in [-0.2, -0.15) is 5.10 Å². The Bertz CT molecular complexity index is 754. The van der Waals surface area contributed by atoms with Gasteiger partial charge in [-0.15, -0.1) is 0 Å². The fourth-order valence-corrected chi connectivity index (χ4v) is 3.40. The van der Waals surface area contributed by atoms with Gasteiger partial charge >= 0.3 is 0 Å². The van der Waals surface area contributed by atoms with Crippen LogP contribution in [0.15, 0.2) is 24.3 Å². The van der Waals surface area contributed by atoms with Crippen LogP contribution in [-0.2, 0) is 4.74 Å². The zero-order chi connectivity index (χ0) is 18.0. The Hall–Kier alpha value is -1.92. The number of carbonyl (C=O) groups excluding carboxylic acids is 1. The number of ether oxygens (including phenoxy) is 1. The number of hydrogen-bond donors (Lipinski definition) is 0. The van der Waals surface area contributed by atoms with Crippen LogP contribution >= 0.6 is 11.6 Å². The molecule has 1 fully saturated rings. The maximum Gasteiger partial charge on any atom is 0.258 e. The summed E-state index contributed by atoms with van der Waals surface area (Å²) in [6, 6.07) is 5.82. The molecule has 0 bridgehead atoms. The van der Waals surface area contributed by atoms with Crippen molar-refractivity contribution in [3.63, 3.8) is 0 Å². The van der Waals surface area contributed by atoms with E-state index in [-0.39, 0.29) is 23.0 Å². The SMILES string of the molecule is CCN(CC1CCCO1)C(=O)c1c(C)nn(-c2ccc(F)cc2)c1Cl. The second-order valence-corrected chi connectivity index (χ2v) is 6.48. The van der Waals surface area contributed by atoms with Crippen molar-refractivity contribution in [2.75, 3.05) is 19.7 Å². The molecule has 1 saturated heterocycles. The smallest absolute Gasteiger partial charge is 0.258 e. The van der Waals surface area contributed by atoms with Crippen LogP contribution in [0.3, 0.4) is 0 Å². The standard InChI is InChI=1S/C18H21ClFN3O2/c1-3-22(11-15-5-4-10-25-15)18(24)16-12(2)21-23(17(16)19)14-8-6-13(20)7-9-14/h6-9,15H,3-5,10-11H2,1-2H3. The lowest BCUT2D eigenvalue weighted by Crippen LogP contribution is -2.37. The molecular weight excluding hydrogens is 345 g/mol. The number of likely N-dealkylation sites (N-methyl/N-ethyl adjacent to an activating group) is 1. The van der Waals surface area contributed by atoms with Crippen molar-refractivity contribution in [1.29, 1.82) is 0 Å². The molecule has 0 spiro atoms. The van der Waals surface area contributed by atoms with Crippen molar-refractivity contribution < 1.29 is 13.9 Å². The van der Waals surface area contributed by atoms with E-state index in [9.17, 15) is 9.18 Å². The Morgan fingerprint density at radius 1 is 1.44 bits per heavy atom. The summed E-state index contributed by atoms with van der Waals surface area (Å²) >= 11 is 6.44. The molecule has 3 rings (SSSR count). The third kappa shape index (κ3) is 3.70. The monoisotopic (exact) mass is 365 g/mol. The molecule has 1 amide bonds. The summed E-state index contributed by atoms with van der Waals surface area (Å²) in [5.74, 6) is -0.498. The fraction of sp³-hybridized carbons (Fsp3) is 0.444. The van der Waals surface area contributed by atoms with Crippen LogP contribution in [0.1, 0.15) is 35.8 Å². The lowest BCUT2D eigenvalue weighted by molar-refractivity contribution is 0.0538. The van der Waals surface area contributed by atoms with Crippen LogP contribution in [0.5, 0.6) is 0 Å². The molecule has 1 unspecified atom stereocenters. The van der Waals surface area contributed by atoms with Crippen LogP contribution in [0.2, 0.25) is 5.15 Å². The van der Waals surface area contributed by atoms with Crippen molar-refractivity contribution in [2.45, 2.75) is 32.8 Å². The van der Waals surface area contributed by atoms with Gasteiger partial charge in [0.25, 0.3) is 5.91 Å². The van der Waals surface area contributed by atoms with Crippen LogP contribution in [0.25, 0.3) is 5.69 Å². The normalized spacial score (nSPS) is 17.0. The van der Waals surface area contributed by atoms with Gasteiger partial charge in [-0.05, 0) is 51.0 Å². The summed E-state index contributed by atoms with van der Waals surface area (Å²) in [4.78, 5) is 14.7. The molecule has 134 valence electrons. The number of carbonyl (C=O) groups is 1. The summed E-state index contributed by atoms with van der Waals surface area (Å²) in [5, 5.41) is 4.60. The van der Waals surface area contributed by atoms with Crippen molar-refractivity contribution in [3.05, 3.63) is 46.5 Å². The molecule has 1 aliphatic rings. The number of aryl methyl sites for hydroxylation is 1. The molecule has 5 nitrogen and oxygen atoms in total. The first-order valence-electron chi connectivity index (χ1n) is 8.43. The van der Waals surface area contributed by atoms with Gasteiger partial charge in [0, 0.05) is 19.7 Å². The molecule has 1 aromatic heterocycles. The molecule has 2 heterocycles. The number of nitrogens with zero attached hydrogens (tertiary/aromatic N) is 3. The van der Waals surface area contributed by atoms with Crippen LogP contribution in [-0.4, -0.2) is 46.4 Å². The van der Waals surface area contributed by atoms with Gasteiger partial charge in [-0.1, -0.05) is 11.6 Å². The van der Waals surface area contributed by atoms with Crippen LogP contribution in [0.4, 0.5) is 4.39 Å². The molecule has 0 N–H and O–H groups in total. The number of aromatic nitrogens is 2. The molecule has 0 radical (unpaired) electrons. The Balaban J connectivity index is 1.88. The summed E-state index contributed by atoms with van der Waals surface area (Å²) in [7, 11) is 0. The first-order valence-corrected chi connectivity index (χ1v) is 8.81. The van der Waals surface area contributed by atoms with E-state index in [0.717, 1.165) is 19.4 Å². The molecule has 25 heavy (non-hydrogen) atoms. The van der Waals surface area contributed by atoms with E-state index in [4.69, 9.17) is 16.3 Å². The van der Waals surface area contributed by atoms with E-state index < -0.39 is 0 Å². The quantitative estimate of drug-likeness (QED) is 0.813. The van der Waals surface area contributed by atoms with Gasteiger partial charge < -0.3 is 9.64 Å². The number of hydrogen-bond acceptors (Lipinski definition) is 3. The predicted molar refractivity (Wildman–Crippen MR) is 93.8 cm³/mol. The minimum atomic E-state index is -0.339. The third-order valence-electron chi connectivity index (χ3n) is 4.41. The van der Waals surface area contributed by atoms with Gasteiger partial charge in [0.05, 0.1) is 23.0 Å². The molecule has 1 aliphatic heterocycles. The van der Waals surface area contributed by atoms with E-state index in [0.29, 0.717) is 30.0 Å². The highest BCUT2D eigenvalue weighted by Gasteiger charge is 2.27. The highest BCUT2D eigenvalue weighted by atomic mass is 35.5. The van der Waals surface area contributed by atoms with E-state index >= 15 is 0 Å². The average molecular weight is 366 g/mol. The van der Waals surface area contributed by atoms with Crippen molar-refractivity contribution in [2.24, 2.45) is 0 Å². The van der Waals surface area contributed by atoms with Crippen molar-refractivity contribution in [3.8, 4) is 5.69 Å². The summed E-state index contributed by atoms with van der Waals surface area (Å²) in [5.41, 5.74) is 1.53. The second-order valence-electron chi connectivity index (χ2n) is 6.12. The summed E-state index contributed by atoms with van der Waals surface area (Å²) in [6.07, 6.45) is 2.07. The average Bonchev–Trinajstić information content (AvgIpc) is 3.21. The molecule has 2 aromatic rings. The molecule has 0 saturated carbocycles. The Labute approximate surface area is 151 Å². The minimum absolute atomic E-state index is 0.0788. The third-order valence-corrected chi connectivity index (χ3v) is 4.76. The van der Waals surface area contributed by atoms with Crippen molar-refractivity contribution in [1.82, 2.24) is 14.7 Å². The molecule has 1 aromatic carbocycles. The van der Waals surface area contributed by atoms with Crippen LogP contribution in [0, 0.1) is 12.7 Å².